The summed E-state index contributed by atoms with van der Waals surface area (Å²) in [6.07, 6.45) is 6.86. The van der Waals surface area contributed by atoms with Crippen molar-refractivity contribution in [2.45, 2.75) is 33.1 Å². The lowest BCUT2D eigenvalue weighted by Gasteiger charge is -1.90. The average Bonchev–Trinajstić information content (AvgIpc) is 2.16. The summed E-state index contributed by atoms with van der Waals surface area (Å²) in [5.41, 5.74) is 0. The second kappa shape index (κ2) is 13.5. The third-order valence-electron chi connectivity index (χ3n) is 1.22. The van der Waals surface area contributed by atoms with Crippen LogP contribution in [0.1, 0.15) is 33.1 Å². The van der Waals surface area contributed by atoms with Crippen molar-refractivity contribution >= 4 is 5.97 Å². The number of ether oxygens (including phenoxy) is 1. The van der Waals surface area contributed by atoms with Gasteiger partial charge in [0.1, 0.15) is 0 Å². The van der Waals surface area contributed by atoms with Gasteiger partial charge in [-0.1, -0.05) is 32.4 Å². The number of rotatable bonds is 5. The summed E-state index contributed by atoms with van der Waals surface area (Å²) in [5, 5.41) is 0. The van der Waals surface area contributed by atoms with Gasteiger partial charge in [0, 0.05) is 6.08 Å². The zero-order chi connectivity index (χ0) is 10.5. The van der Waals surface area contributed by atoms with E-state index in [9.17, 15) is 4.79 Å². The molecule has 0 aliphatic heterocycles. The Labute approximate surface area is 81.3 Å². The van der Waals surface area contributed by atoms with Crippen molar-refractivity contribution in [2.75, 3.05) is 6.61 Å². The number of allylic oxidation sites excluding steroid dienone is 1. The standard InChI is InChI=1S/C6H12.C5H8O2/c1-3-5-6-4-2;1-3-5(6)7-4-2/h3H,1,4-6H2,2H3;3H,1,4H2,2H3. The summed E-state index contributed by atoms with van der Waals surface area (Å²) >= 11 is 0. The molecule has 0 heterocycles. The highest BCUT2D eigenvalue weighted by Crippen LogP contribution is 1.91. The Morgan fingerprint density at radius 1 is 1.38 bits per heavy atom. The fraction of sp³-hybridized carbons (Fsp3) is 0.545. The number of hydrogen-bond donors (Lipinski definition) is 0. The number of unbranched alkanes of at least 4 members (excludes halogenated alkanes) is 2. The molecule has 0 spiro atoms. The molecule has 0 aliphatic carbocycles. The molecule has 0 aliphatic rings. The van der Waals surface area contributed by atoms with Crippen LogP contribution in [-0.4, -0.2) is 12.6 Å². The van der Waals surface area contributed by atoms with Crippen molar-refractivity contribution in [3.05, 3.63) is 25.3 Å². The lowest BCUT2D eigenvalue weighted by molar-refractivity contribution is -0.137. The number of carbonyl (C=O) groups is 1. The summed E-state index contributed by atoms with van der Waals surface area (Å²) < 4.78 is 4.43. The minimum atomic E-state index is -0.359. The second-order valence-corrected chi connectivity index (χ2v) is 2.39. The Morgan fingerprint density at radius 3 is 2.15 bits per heavy atom. The normalized spacial score (nSPS) is 7.85. The molecular formula is C11H20O2. The van der Waals surface area contributed by atoms with Crippen molar-refractivity contribution in [1.82, 2.24) is 0 Å². The van der Waals surface area contributed by atoms with Gasteiger partial charge in [-0.25, -0.2) is 4.79 Å². The molecule has 0 bridgehead atoms. The number of esters is 1. The Hall–Kier alpha value is -1.05. The maximum Gasteiger partial charge on any atom is 0.330 e. The van der Waals surface area contributed by atoms with Gasteiger partial charge < -0.3 is 4.74 Å². The van der Waals surface area contributed by atoms with Crippen LogP contribution in [0.3, 0.4) is 0 Å². The molecule has 13 heavy (non-hydrogen) atoms. The van der Waals surface area contributed by atoms with Crippen LogP contribution >= 0.6 is 0 Å². The van der Waals surface area contributed by atoms with Gasteiger partial charge in [-0.15, -0.1) is 6.58 Å². The quantitative estimate of drug-likeness (QED) is 0.284. The molecule has 76 valence electrons. The molecule has 0 fully saturated rings. The van der Waals surface area contributed by atoms with Crippen LogP contribution in [0.15, 0.2) is 25.3 Å². The average molecular weight is 184 g/mol. The molecule has 0 aromatic rings. The molecule has 0 atom stereocenters. The van der Waals surface area contributed by atoms with E-state index < -0.39 is 0 Å². The topological polar surface area (TPSA) is 26.3 Å². The van der Waals surface area contributed by atoms with Crippen molar-refractivity contribution in [2.24, 2.45) is 0 Å². The largest absolute Gasteiger partial charge is 0.463 e. The monoisotopic (exact) mass is 184 g/mol. The Bertz CT molecular complexity index is 139. The first-order valence-electron chi connectivity index (χ1n) is 4.62. The van der Waals surface area contributed by atoms with Gasteiger partial charge in [0.2, 0.25) is 0 Å². The molecule has 0 radical (unpaired) electrons. The maximum absolute atomic E-state index is 10.1. The van der Waals surface area contributed by atoms with E-state index in [1.54, 1.807) is 6.92 Å². The lowest BCUT2D eigenvalue weighted by Crippen LogP contribution is -1.97. The van der Waals surface area contributed by atoms with Gasteiger partial charge >= 0.3 is 5.97 Å². The van der Waals surface area contributed by atoms with Crippen LogP contribution in [-0.2, 0) is 9.53 Å². The smallest absolute Gasteiger partial charge is 0.330 e. The lowest BCUT2D eigenvalue weighted by atomic mass is 10.3. The fourth-order valence-corrected chi connectivity index (χ4v) is 0.550. The molecule has 0 unspecified atom stereocenters. The summed E-state index contributed by atoms with van der Waals surface area (Å²) in [4.78, 5) is 10.1. The summed E-state index contributed by atoms with van der Waals surface area (Å²) in [7, 11) is 0. The number of carbonyl (C=O) groups excluding carboxylic acids is 1. The van der Waals surface area contributed by atoms with E-state index in [2.05, 4.69) is 24.8 Å². The van der Waals surface area contributed by atoms with Gasteiger partial charge in [-0.05, 0) is 13.3 Å². The highest BCUT2D eigenvalue weighted by Gasteiger charge is 1.86. The van der Waals surface area contributed by atoms with Gasteiger partial charge in [0.25, 0.3) is 0 Å². The van der Waals surface area contributed by atoms with Gasteiger partial charge in [-0.2, -0.15) is 0 Å². The first kappa shape index (κ1) is 14.5. The van der Waals surface area contributed by atoms with E-state index in [0.29, 0.717) is 6.61 Å². The first-order chi connectivity index (χ1) is 6.22. The molecule has 0 rings (SSSR count). The van der Waals surface area contributed by atoms with Crippen molar-refractivity contribution < 1.29 is 9.53 Å². The molecular weight excluding hydrogens is 164 g/mol. The van der Waals surface area contributed by atoms with E-state index in [4.69, 9.17) is 0 Å². The van der Waals surface area contributed by atoms with Crippen molar-refractivity contribution in [3.8, 4) is 0 Å². The Morgan fingerprint density at radius 2 is 2.00 bits per heavy atom. The predicted octanol–water partition coefficient (Wildman–Crippen LogP) is 3.10. The van der Waals surface area contributed by atoms with E-state index in [0.717, 1.165) is 6.08 Å². The van der Waals surface area contributed by atoms with Crippen LogP contribution in [0.4, 0.5) is 0 Å². The van der Waals surface area contributed by atoms with E-state index in [1.165, 1.54) is 19.3 Å². The molecule has 2 nitrogen and oxygen atoms in total. The van der Waals surface area contributed by atoms with E-state index in [1.807, 2.05) is 6.08 Å². The Balaban J connectivity index is 0. The minimum Gasteiger partial charge on any atom is -0.463 e. The summed E-state index contributed by atoms with van der Waals surface area (Å²) in [6.45, 7) is 11.2. The predicted molar refractivity (Wildman–Crippen MR) is 56.6 cm³/mol. The highest BCUT2D eigenvalue weighted by molar-refractivity contribution is 5.81. The van der Waals surface area contributed by atoms with Gasteiger partial charge in [0.15, 0.2) is 0 Å². The van der Waals surface area contributed by atoms with Gasteiger partial charge in [0.05, 0.1) is 6.61 Å². The van der Waals surface area contributed by atoms with Crippen LogP contribution in [0, 0.1) is 0 Å². The second-order valence-electron chi connectivity index (χ2n) is 2.39. The SMILES string of the molecule is C=CC(=O)OCC.C=CCCCC. The van der Waals surface area contributed by atoms with Crippen LogP contribution in [0.5, 0.6) is 0 Å². The zero-order valence-electron chi connectivity index (χ0n) is 8.71. The molecule has 0 N–H and O–H groups in total. The van der Waals surface area contributed by atoms with Crippen LogP contribution in [0.25, 0.3) is 0 Å². The zero-order valence-corrected chi connectivity index (χ0v) is 8.71. The summed E-state index contributed by atoms with van der Waals surface area (Å²) in [5.74, 6) is -0.359. The molecule has 0 saturated heterocycles. The third-order valence-corrected chi connectivity index (χ3v) is 1.22. The van der Waals surface area contributed by atoms with E-state index in [-0.39, 0.29) is 5.97 Å². The van der Waals surface area contributed by atoms with E-state index >= 15 is 0 Å². The maximum atomic E-state index is 10.1. The third kappa shape index (κ3) is 18.2. The van der Waals surface area contributed by atoms with Crippen LogP contribution < -0.4 is 0 Å². The molecule has 0 aromatic carbocycles. The molecule has 0 amide bonds. The summed E-state index contributed by atoms with van der Waals surface area (Å²) in [6, 6.07) is 0. The fourth-order valence-electron chi connectivity index (χ4n) is 0.550. The highest BCUT2D eigenvalue weighted by atomic mass is 16.5. The van der Waals surface area contributed by atoms with Crippen LogP contribution in [0.2, 0.25) is 0 Å². The first-order valence-corrected chi connectivity index (χ1v) is 4.62. The van der Waals surface area contributed by atoms with Gasteiger partial charge in [-0.3, -0.25) is 0 Å². The molecule has 0 saturated carbocycles. The van der Waals surface area contributed by atoms with Crippen molar-refractivity contribution in [1.29, 1.82) is 0 Å². The number of hydrogen-bond acceptors (Lipinski definition) is 2. The van der Waals surface area contributed by atoms with Crippen molar-refractivity contribution in [3.63, 3.8) is 0 Å². The molecule has 2 heteroatoms. The Kier molecular flexibility index (Phi) is 15.1. The molecule has 0 aromatic heterocycles. The minimum absolute atomic E-state index is 0.359.